The van der Waals surface area contributed by atoms with Gasteiger partial charge in [0.25, 0.3) is 0 Å². The predicted octanol–water partition coefficient (Wildman–Crippen LogP) is 2.60. The van der Waals surface area contributed by atoms with Gasteiger partial charge < -0.3 is 9.84 Å². The lowest BCUT2D eigenvalue weighted by Crippen LogP contribution is -2.13. The molecule has 0 amide bonds. The second kappa shape index (κ2) is 4.98. The summed E-state index contributed by atoms with van der Waals surface area (Å²) in [5, 5.41) is 9.73. The lowest BCUT2D eigenvalue weighted by Gasteiger charge is -2.21. The van der Waals surface area contributed by atoms with Crippen molar-refractivity contribution in [3.05, 3.63) is 22.8 Å². The van der Waals surface area contributed by atoms with Gasteiger partial charge in [-0.2, -0.15) is 0 Å². The van der Waals surface area contributed by atoms with Gasteiger partial charge in [0.1, 0.15) is 6.29 Å². The Kier molecular flexibility index (Phi) is 3.74. The van der Waals surface area contributed by atoms with Gasteiger partial charge in [-0.1, -0.05) is 32.4 Å². The van der Waals surface area contributed by atoms with Crippen molar-refractivity contribution in [2.45, 2.75) is 46.3 Å². The van der Waals surface area contributed by atoms with E-state index in [-0.39, 0.29) is 6.61 Å². The zero-order valence-electron chi connectivity index (χ0n) is 11.4. The summed E-state index contributed by atoms with van der Waals surface area (Å²) in [6.07, 6.45) is 5.18. The van der Waals surface area contributed by atoms with Gasteiger partial charge in [0.2, 0.25) is 0 Å². The molecule has 0 aromatic heterocycles. The van der Waals surface area contributed by atoms with Crippen molar-refractivity contribution in [3.63, 3.8) is 0 Å². The van der Waals surface area contributed by atoms with E-state index in [2.05, 4.69) is 26.8 Å². The number of allylic oxidation sites excluding steroid dienone is 2. The molecule has 0 aromatic rings. The van der Waals surface area contributed by atoms with E-state index in [4.69, 9.17) is 4.74 Å². The molecule has 0 spiro atoms. The number of hydrogen-bond acceptors (Lipinski definition) is 3. The summed E-state index contributed by atoms with van der Waals surface area (Å²) < 4.78 is 5.10. The number of carbonyl (C=O) groups is 1. The minimum atomic E-state index is -0.886. The number of carbonyl (C=O) groups excluding carboxylic acids is 1. The first-order valence-corrected chi connectivity index (χ1v) is 6.58. The maximum atomic E-state index is 10.9. The van der Waals surface area contributed by atoms with Gasteiger partial charge >= 0.3 is 0 Å². The Bertz CT molecular complexity index is 404. The van der Waals surface area contributed by atoms with Crippen molar-refractivity contribution >= 4 is 6.29 Å². The molecule has 1 N–H and O–H groups in total. The fourth-order valence-electron chi connectivity index (χ4n) is 2.80. The minimum Gasteiger partial charge on any atom is -0.364 e. The third-order valence-corrected chi connectivity index (χ3v) is 4.01. The highest BCUT2D eigenvalue weighted by Crippen LogP contribution is 2.41. The second-order valence-corrected chi connectivity index (χ2v) is 6.26. The second-order valence-electron chi connectivity index (χ2n) is 6.26. The van der Waals surface area contributed by atoms with Gasteiger partial charge in [0.05, 0.1) is 6.61 Å². The van der Waals surface area contributed by atoms with E-state index < -0.39 is 6.29 Å². The third-order valence-electron chi connectivity index (χ3n) is 4.01. The normalized spacial score (nSPS) is 28.4. The highest BCUT2D eigenvalue weighted by molar-refractivity contribution is 5.76. The van der Waals surface area contributed by atoms with Gasteiger partial charge in [0.15, 0.2) is 6.29 Å². The van der Waals surface area contributed by atoms with Gasteiger partial charge in [-0.25, -0.2) is 0 Å². The molecule has 1 aliphatic carbocycles. The summed E-state index contributed by atoms with van der Waals surface area (Å²) >= 11 is 0. The molecule has 0 fully saturated rings. The molecule has 3 heteroatoms. The highest BCUT2D eigenvalue weighted by Gasteiger charge is 2.30. The Morgan fingerprint density at radius 1 is 1.61 bits per heavy atom. The number of aldehydes is 1. The van der Waals surface area contributed by atoms with Crippen molar-refractivity contribution in [2.75, 3.05) is 6.61 Å². The minimum absolute atomic E-state index is 0.247. The van der Waals surface area contributed by atoms with Gasteiger partial charge in [0, 0.05) is 5.57 Å². The quantitative estimate of drug-likeness (QED) is 0.616. The number of aliphatic hydroxyl groups is 1. The highest BCUT2D eigenvalue weighted by atomic mass is 16.6. The number of rotatable bonds is 4. The van der Waals surface area contributed by atoms with Gasteiger partial charge in [-0.3, -0.25) is 4.79 Å². The molecule has 0 saturated heterocycles. The maximum Gasteiger partial charge on any atom is 0.178 e. The fourth-order valence-corrected chi connectivity index (χ4v) is 2.80. The standard InChI is InChI=1S/C15H22O3/c1-10(11-4-5-15(2,3)7-11)6-13-12(8-16)9-18-14(13)17/h4,8,10,14,17H,5-7,9H2,1-3H3/t10-,14+/m1/s1. The lowest BCUT2D eigenvalue weighted by atomic mass is 9.85. The van der Waals surface area contributed by atoms with E-state index in [9.17, 15) is 9.90 Å². The van der Waals surface area contributed by atoms with Crippen LogP contribution >= 0.6 is 0 Å². The Labute approximate surface area is 109 Å². The number of hydrogen-bond donors (Lipinski definition) is 1. The molecular formula is C15H22O3. The number of ether oxygens (including phenoxy) is 1. The Morgan fingerprint density at radius 3 is 2.89 bits per heavy atom. The average molecular weight is 250 g/mol. The monoisotopic (exact) mass is 250 g/mol. The Hall–Kier alpha value is -0.930. The molecule has 3 nitrogen and oxygen atoms in total. The topological polar surface area (TPSA) is 46.5 Å². The molecule has 0 radical (unpaired) electrons. The van der Waals surface area contributed by atoms with Crippen LogP contribution in [0.1, 0.15) is 40.0 Å². The van der Waals surface area contributed by atoms with Crippen LogP contribution in [-0.2, 0) is 9.53 Å². The first-order valence-electron chi connectivity index (χ1n) is 6.58. The van der Waals surface area contributed by atoms with E-state index in [1.807, 2.05) is 0 Å². The van der Waals surface area contributed by atoms with E-state index in [0.29, 0.717) is 16.9 Å². The average Bonchev–Trinajstić information content (AvgIpc) is 2.83. The van der Waals surface area contributed by atoms with Crippen LogP contribution in [0.3, 0.4) is 0 Å². The number of aliphatic hydroxyl groups excluding tert-OH is 1. The van der Waals surface area contributed by atoms with Crippen molar-refractivity contribution in [1.82, 2.24) is 0 Å². The van der Waals surface area contributed by atoms with Crippen LogP contribution in [0.15, 0.2) is 22.8 Å². The zero-order chi connectivity index (χ0) is 13.3. The lowest BCUT2D eigenvalue weighted by molar-refractivity contribution is -0.105. The van der Waals surface area contributed by atoms with Crippen molar-refractivity contribution in [2.24, 2.45) is 11.3 Å². The van der Waals surface area contributed by atoms with Crippen LogP contribution in [0.4, 0.5) is 0 Å². The van der Waals surface area contributed by atoms with Crippen LogP contribution < -0.4 is 0 Å². The first kappa shape index (κ1) is 13.5. The van der Waals surface area contributed by atoms with E-state index in [0.717, 1.165) is 31.1 Å². The van der Waals surface area contributed by atoms with E-state index >= 15 is 0 Å². The summed E-state index contributed by atoms with van der Waals surface area (Å²) in [5.41, 5.74) is 3.18. The Morgan fingerprint density at radius 2 is 2.33 bits per heavy atom. The Balaban J connectivity index is 2.04. The molecule has 2 rings (SSSR count). The molecule has 1 aliphatic heterocycles. The molecular weight excluding hydrogens is 228 g/mol. The van der Waals surface area contributed by atoms with Crippen LogP contribution in [0.25, 0.3) is 0 Å². The zero-order valence-corrected chi connectivity index (χ0v) is 11.4. The molecule has 0 unspecified atom stereocenters. The summed E-state index contributed by atoms with van der Waals surface area (Å²) in [5.74, 6) is 0.369. The van der Waals surface area contributed by atoms with Gasteiger partial charge in [-0.15, -0.1) is 0 Å². The van der Waals surface area contributed by atoms with E-state index in [1.54, 1.807) is 0 Å². The van der Waals surface area contributed by atoms with Crippen molar-refractivity contribution in [1.29, 1.82) is 0 Å². The fraction of sp³-hybridized carbons (Fsp3) is 0.667. The van der Waals surface area contributed by atoms with Crippen molar-refractivity contribution in [3.8, 4) is 0 Å². The van der Waals surface area contributed by atoms with Crippen LogP contribution in [-0.4, -0.2) is 24.3 Å². The van der Waals surface area contributed by atoms with Crippen molar-refractivity contribution < 1.29 is 14.6 Å². The van der Waals surface area contributed by atoms with Crippen LogP contribution in [0.5, 0.6) is 0 Å². The molecule has 2 atom stereocenters. The smallest absolute Gasteiger partial charge is 0.178 e. The predicted molar refractivity (Wildman–Crippen MR) is 69.9 cm³/mol. The molecule has 100 valence electrons. The van der Waals surface area contributed by atoms with Crippen LogP contribution in [0, 0.1) is 11.3 Å². The molecule has 0 aromatic carbocycles. The SMILES string of the molecule is C[C@H](CC1=C(C=O)CO[C@@H]1O)C1=CCC(C)(C)C1. The summed E-state index contributed by atoms with van der Waals surface area (Å²) in [6.45, 7) is 6.95. The maximum absolute atomic E-state index is 10.9. The summed E-state index contributed by atoms with van der Waals surface area (Å²) in [6, 6.07) is 0. The summed E-state index contributed by atoms with van der Waals surface area (Å²) in [4.78, 5) is 10.9. The molecule has 0 bridgehead atoms. The first-order chi connectivity index (χ1) is 8.43. The molecule has 1 heterocycles. The van der Waals surface area contributed by atoms with E-state index in [1.165, 1.54) is 5.57 Å². The largest absolute Gasteiger partial charge is 0.364 e. The van der Waals surface area contributed by atoms with Crippen LogP contribution in [0.2, 0.25) is 0 Å². The summed E-state index contributed by atoms with van der Waals surface area (Å²) in [7, 11) is 0. The third kappa shape index (κ3) is 2.73. The molecule has 0 saturated carbocycles. The van der Waals surface area contributed by atoms with Gasteiger partial charge in [-0.05, 0) is 36.2 Å². The molecule has 18 heavy (non-hydrogen) atoms. The molecule has 2 aliphatic rings.